The molecule has 4 saturated carbocycles. The van der Waals surface area contributed by atoms with Crippen LogP contribution in [0.1, 0.15) is 39.0 Å². The first kappa shape index (κ1) is 14.6. The number of methoxy groups -OCH3 is 1. The normalized spacial score (nSPS) is 37.2. The van der Waals surface area contributed by atoms with Crippen molar-refractivity contribution < 1.29 is 4.74 Å². The van der Waals surface area contributed by atoms with Gasteiger partial charge in [-0.15, -0.1) is 0 Å². The maximum atomic E-state index is 5.97. The fourth-order valence-electron chi connectivity index (χ4n) is 5.81. The first-order valence-corrected chi connectivity index (χ1v) is 9.19. The smallest absolute Gasteiger partial charge is 0.165 e. The minimum atomic E-state index is 0.152. The van der Waals surface area contributed by atoms with Gasteiger partial charge in [-0.05, 0) is 56.8 Å². The first-order chi connectivity index (χ1) is 11.7. The van der Waals surface area contributed by atoms with Crippen molar-refractivity contribution in [2.75, 3.05) is 12.4 Å². The Hall–Kier alpha value is -1.69. The van der Waals surface area contributed by atoms with Crippen molar-refractivity contribution in [3.63, 3.8) is 0 Å². The van der Waals surface area contributed by atoms with Crippen LogP contribution < -0.4 is 5.32 Å². The highest BCUT2D eigenvalue weighted by Crippen LogP contribution is 2.57. The quantitative estimate of drug-likeness (QED) is 0.935. The Bertz CT molecular complexity index is 756. The lowest BCUT2D eigenvalue weighted by Gasteiger charge is -2.59. The van der Waals surface area contributed by atoms with Crippen LogP contribution >= 0.6 is 0 Å². The summed E-state index contributed by atoms with van der Waals surface area (Å²) in [5.74, 6) is 3.13. The van der Waals surface area contributed by atoms with E-state index < -0.39 is 0 Å². The van der Waals surface area contributed by atoms with Gasteiger partial charge in [0.2, 0.25) is 0 Å². The standard InChI is InChI=1S/C18H25N5O/c1-3-23-10-21-15-16(19-9-20-17(15)23)22-14-12-4-11-5-13(14)8-18(6-11,7-12)24-2/h9-14H,3-8H2,1-2H3,(H,19,20,22). The van der Waals surface area contributed by atoms with Crippen LogP contribution in [0.3, 0.4) is 0 Å². The van der Waals surface area contributed by atoms with E-state index in [-0.39, 0.29) is 5.60 Å². The number of nitrogens with zero attached hydrogens (tertiary/aromatic N) is 4. The molecule has 24 heavy (non-hydrogen) atoms. The number of aryl methyl sites for hydroxylation is 1. The molecule has 128 valence electrons. The third-order valence-electron chi connectivity index (χ3n) is 6.70. The molecular weight excluding hydrogens is 302 g/mol. The number of hydrogen-bond donors (Lipinski definition) is 1. The number of ether oxygens (including phenoxy) is 1. The van der Waals surface area contributed by atoms with Crippen molar-refractivity contribution in [2.24, 2.45) is 17.8 Å². The van der Waals surface area contributed by atoms with Crippen molar-refractivity contribution in [1.82, 2.24) is 19.5 Å². The summed E-state index contributed by atoms with van der Waals surface area (Å²) < 4.78 is 8.04. The van der Waals surface area contributed by atoms with Gasteiger partial charge in [0.25, 0.3) is 0 Å². The van der Waals surface area contributed by atoms with Crippen LogP contribution in [0.15, 0.2) is 12.7 Å². The zero-order valence-electron chi connectivity index (χ0n) is 14.4. The van der Waals surface area contributed by atoms with Crippen LogP contribution in [0.2, 0.25) is 0 Å². The Morgan fingerprint density at radius 1 is 1.21 bits per heavy atom. The molecular formula is C18H25N5O. The van der Waals surface area contributed by atoms with Crippen molar-refractivity contribution in [1.29, 1.82) is 0 Å². The summed E-state index contributed by atoms with van der Waals surface area (Å²) in [5, 5.41) is 3.76. The van der Waals surface area contributed by atoms with Crippen LogP contribution in [0.5, 0.6) is 0 Å². The molecule has 1 N–H and O–H groups in total. The van der Waals surface area contributed by atoms with Gasteiger partial charge in [0.15, 0.2) is 11.5 Å². The van der Waals surface area contributed by atoms with E-state index in [1.807, 2.05) is 13.4 Å². The molecule has 0 saturated heterocycles. The highest BCUT2D eigenvalue weighted by atomic mass is 16.5. The third kappa shape index (κ3) is 2.01. The average molecular weight is 327 g/mol. The molecule has 2 atom stereocenters. The van der Waals surface area contributed by atoms with Gasteiger partial charge < -0.3 is 14.6 Å². The van der Waals surface area contributed by atoms with E-state index in [9.17, 15) is 0 Å². The van der Waals surface area contributed by atoms with E-state index in [0.717, 1.165) is 29.4 Å². The Kier molecular flexibility index (Phi) is 3.14. The number of nitrogens with one attached hydrogen (secondary N) is 1. The predicted octanol–water partition coefficient (Wildman–Crippen LogP) is 2.85. The zero-order valence-corrected chi connectivity index (χ0v) is 14.4. The number of hydrogen-bond acceptors (Lipinski definition) is 5. The maximum absolute atomic E-state index is 5.97. The molecule has 0 aliphatic heterocycles. The third-order valence-corrected chi connectivity index (χ3v) is 6.70. The molecule has 0 aromatic carbocycles. The molecule has 2 aromatic rings. The van der Waals surface area contributed by atoms with Gasteiger partial charge in [-0.25, -0.2) is 15.0 Å². The van der Waals surface area contributed by atoms with Gasteiger partial charge in [0.05, 0.1) is 11.9 Å². The SMILES string of the molecule is CCn1cnc2c(NC3C4CC5CC3CC(OC)(C5)C4)ncnc21. The Morgan fingerprint density at radius 2 is 2.00 bits per heavy atom. The number of fused-ring (bicyclic) bond motifs is 1. The minimum absolute atomic E-state index is 0.152. The van der Waals surface area contributed by atoms with Gasteiger partial charge in [-0.1, -0.05) is 0 Å². The van der Waals surface area contributed by atoms with E-state index in [1.54, 1.807) is 6.33 Å². The fraction of sp³-hybridized carbons (Fsp3) is 0.722. The monoisotopic (exact) mass is 327 g/mol. The van der Waals surface area contributed by atoms with E-state index in [4.69, 9.17) is 4.74 Å². The van der Waals surface area contributed by atoms with Gasteiger partial charge in [0.1, 0.15) is 11.8 Å². The predicted molar refractivity (Wildman–Crippen MR) is 91.7 cm³/mol. The number of rotatable bonds is 4. The van der Waals surface area contributed by atoms with Gasteiger partial charge in [0, 0.05) is 19.7 Å². The maximum Gasteiger partial charge on any atom is 0.165 e. The Morgan fingerprint density at radius 3 is 2.71 bits per heavy atom. The lowest BCUT2D eigenvalue weighted by molar-refractivity contribution is -0.149. The van der Waals surface area contributed by atoms with Gasteiger partial charge >= 0.3 is 0 Å². The minimum Gasteiger partial charge on any atom is -0.378 e. The van der Waals surface area contributed by atoms with Crippen LogP contribution in [-0.2, 0) is 11.3 Å². The van der Waals surface area contributed by atoms with E-state index in [2.05, 4.69) is 31.8 Å². The molecule has 4 fully saturated rings. The molecule has 0 spiro atoms. The summed E-state index contributed by atoms with van der Waals surface area (Å²) in [6.45, 7) is 2.98. The Balaban J connectivity index is 1.46. The van der Waals surface area contributed by atoms with Crippen molar-refractivity contribution in [3.05, 3.63) is 12.7 Å². The zero-order chi connectivity index (χ0) is 16.3. The summed E-state index contributed by atoms with van der Waals surface area (Å²) in [6, 6.07) is 0.495. The average Bonchev–Trinajstić information content (AvgIpc) is 3.01. The second kappa shape index (κ2) is 5.15. The summed E-state index contributed by atoms with van der Waals surface area (Å²) in [7, 11) is 1.90. The molecule has 2 unspecified atom stereocenters. The Labute approximate surface area is 142 Å². The highest BCUT2D eigenvalue weighted by Gasteiger charge is 2.55. The van der Waals surface area contributed by atoms with E-state index >= 15 is 0 Å². The fourth-order valence-corrected chi connectivity index (χ4v) is 5.81. The van der Waals surface area contributed by atoms with Crippen LogP contribution in [0.25, 0.3) is 11.2 Å². The summed E-state index contributed by atoms with van der Waals surface area (Å²) in [4.78, 5) is 13.5. The lowest BCUT2D eigenvalue weighted by Crippen LogP contribution is -2.59. The molecule has 6 rings (SSSR count). The van der Waals surface area contributed by atoms with Crippen molar-refractivity contribution in [3.8, 4) is 0 Å². The molecule has 4 bridgehead atoms. The van der Waals surface area contributed by atoms with Crippen LogP contribution in [-0.4, -0.2) is 38.3 Å². The molecule has 2 aromatic heterocycles. The summed E-state index contributed by atoms with van der Waals surface area (Å²) in [5.41, 5.74) is 1.97. The van der Waals surface area contributed by atoms with E-state index in [0.29, 0.717) is 17.9 Å². The number of aromatic nitrogens is 4. The van der Waals surface area contributed by atoms with Crippen LogP contribution in [0, 0.1) is 17.8 Å². The first-order valence-electron chi connectivity index (χ1n) is 9.19. The second-order valence-electron chi connectivity index (χ2n) is 7.95. The molecule has 4 aliphatic carbocycles. The summed E-state index contributed by atoms with van der Waals surface area (Å²) in [6.07, 6.45) is 9.82. The molecule has 4 aliphatic rings. The molecule has 2 heterocycles. The van der Waals surface area contributed by atoms with Gasteiger partial charge in [-0.3, -0.25) is 0 Å². The topological polar surface area (TPSA) is 64.9 Å². The van der Waals surface area contributed by atoms with Gasteiger partial charge in [-0.2, -0.15) is 0 Å². The molecule has 6 heteroatoms. The molecule has 0 amide bonds. The van der Waals surface area contributed by atoms with Crippen LogP contribution in [0.4, 0.5) is 5.82 Å². The lowest BCUT2D eigenvalue weighted by atomic mass is 9.52. The highest BCUT2D eigenvalue weighted by molar-refractivity contribution is 5.82. The van der Waals surface area contributed by atoms with Crippen molar-refractivity contribution >= 4 is 17.0 Å². The molecule has 6 nitrogen and oxygen atoms in total. The van der Waals surface area contributed by atoms with Crippen molar-refractivity contribution in [2.45, 2.75) is 57.2 Å². The second-order valence-corrected chi connectivity index (χ2v) is 7.95. The van der Waals surface area contributed by atoms with E-state index in [1.165, 1.54) is 32.1 Å². The number of imidazole rings is 1. The largest absolute Gasteiger partial charge is 0.378 e. The number of anilines is 1. The molecule has 0 radical (unpaired) electrons. The summed E-state index contributed by atoms with van der Waals surface area (Å²) >= 11 is 0.